The minimum Gasteiger partial charge on any atom is -0.489 e. The molecule has 2 aromatic carbocycles. The molecule has 0 saturated carbocycles. The summed E-state index contributed by atoms with van der Waals surface area (Å²) in [6, 6.07) is 7.14. The molecule has 0 aliphatic carbocycles. The van der Waals surface area contributed by atoms with Crippen LogP contribution in [0.3, 0.4) is 0 Å². The topological polar surface area (TPSA) is 35.2 Å². The molecule has 0 aliphatic rings. The second-order valence-corrected chi connectivity index (χ2v) is 4.51. The van der Waals surface area contributed by atoms with Gasteiger partial charge in [-0.2, -0.15) is 0 Å². The second kappa shape index (κ2) is 5.96. The van der Waals surface area contributed by atoms with Gasteiger partial charge in [0.1, 0.15) is 18.2 Å². The van der Waals surface area contributed by atoms with Gasteiger partial charge in [-0.25, -0.2) is 13.2 Å². The van der Waals surface area contributed by atoms with Gasteiger partial charge in [-0.1, -0.05) is 6.07 Å². The quantitative estimate of drug-likeness (QED) is 0.927. The summed E-state index contributed by atoms with van der Waals surface area (Å²) >= 11 is 0. The Balaban J connectivity index is 2.16. The summed E-state index contributed by atoms with van der Waals surface area (Å²) in [7, 11) is 0. The van der Waals surface area contributed by atoms with Gasteiger partial charge in [0.05, 0.1) is 0 Å². The van der Waals surface area contributed by atoms with Crippen molar-refractivity contribution >= 4 is 0 Å². The normalized spacial score (nSPS) is 12.2. The van der Waals surface area contributed by atoms with Crippen molar-refractivity contribution in [2.45, 2.75) is 19.6 Å². The fourth-order valence-electron chi connectivity index (χ4n) is 1.80. The molecule has 5 heteroatoms. The molecule has 0 aliphatic heterocycles. The first-order valence-electron chi connectivity index (χ1n) is 6.09. The van der Waals surface area contributed by atoms with E-state index in [0.29, 0.717) is 16.9 Å². The fraction of sp³-hybridized carbons (Fsp3) is 0.200. The lowest BCUT2D eigenvalue weighted by Crippen LogP contribution is -2.08. The van der Waals surface area contributed by atoms with Gasteiger partial charge in [0.2, 0.25) is 0 Å². The van der Waals surface area contributed by atoms with Crippen LogP contribution >= 0.6 is 0 Å². The van der Waals surface area contributed by atoms with Crippen LogP contribution in [0, 0.1) is 17.5 Å². The second-order valence-electron chi connectivity index (χ2n) is 4.51. The summed E-state index contributed by atoms with van der Waals surface area (Å²) in [5.41, 5.74) is 6.74. The Hall–Kier alpha value is -2.01. The number of nitrogens with two attached hydrogens (primary N) is 1. The Bertz CT molecular complexity index is 614. The van der Waals surface area contributed by atoms with Crippen LogP contribution in [0.25, 0.3) is 0 Å². The minimum absolute atomic E-state index is 0.0442. The van der Waals surface area contributed by atoms with Gasteiger partial charge in [0.25, 0.3) is 0 Å². The Kier molecular flexibility index (Phi) is 4.29. The highest BCUT2D eigenvalue weighted by Gasteiger charge is 2.10. The number of rotatable bonds is 4. The Morgan fingerprint density at radius 2 is 1.80 bits per heavy atom. The first-order valence-corrected chi connectivity index (χ1v) is 6.09. The van der Waals surface area contributed by atoms with Gasteiger partial charge in [-0.05, 0) is 42.8 Å². The van der Waals surface area contributed by atoms with Gasteiger partial charge in [0.15, 0.2) is 11.6 Å². The van der Waals surface area contributed by atoms with Crippen molar-refractivity contribution in [1.82, 2.24) is 0 Å². The van der Waals surface area contributed by atoms with Crippen LogP contribution in [0.4, 0.5) is 13.2 Å². The van der Waals surface area contributed by atoms with Gasteiger partial charge < -0.3 is 10.5 Å². The van der Waals surface area contributed by atoms with Crippen molar-refractivity contribution < 1.29 is 17.9 Å². The molecule has 1 atom stereocenters. The highest BCUT2D eigenvalue weighted by Crippen LogP contribution is 2.25. The molecule has 0 fully saturated rings. The molecule has 0 spiro atoms. The first kappa shape index (κ1) is 14.4. The van der Waals surface area contributed by atoms with Gasteiger partial charge in [0, 0.05) is 11.6 Å². The van der Waals surface area contributed by atoms with Crippen LogP contribution in [-0.2, 0) is 6.61 Å². The maximum atomic E-state index is 13.2. The van der Waals surface area contributed by atoms with E-state index in [-0.39, 0.29) is 6.61 Å². The van der Waals surface area contributed by atoms with E-state index < -0.39 is 23.5 Å². The van der Waals surface area contributed by atoms with Gasteiger partial charge in [-0.15, -0.1) is 0 Å². The molecule has 0 radical (unpaired) electrons. The van der Waals surface area contributed by atoms with Crippen LogP contribution in [-0.4, -0.2) is 0 Å². The van der Waals surface area contributed by atoms with Crippen LogP contribution in [0.1, 0.15) is 24.1 Å². The molecule has 2 rings (SSSR count). The summed E-state index contributed by atoms with van der Waals surface area (Å²) in [6.45, 7) is 1.75. The zero-order valence-corrected chi connectivity index (χ0v) is 10.9. The SMILES string of the molecule is CC(N)c1cc(F)ccc1OCc1ccc(F)c(F)c1. The molecule has 2 N–H and O–H groups in total. The van der Waals surface area contributed by atoms with Gasteiger partial charge in [-0.3, -0.25) is 0 Å². The molecule has 0 amide bonds. The van der Waals surface area contributed by atoms with Crippen molar-refractivity contribution in [2.75, 3.05) is 0 Å². The smallest absolute Gasteiger partial charge is 0.159 e. The summed E-state index contributed by atoms with van der Waals surface area (Å²) in [4.78, 5) is 0. The van der Waals surface area contributed by atoms with Crippen LogP contribution in [0.2, 0.25) is 0 Å². The molecule has 2 aromatic rings. The molecule has 20 heavy (non-hydrogen) atoms. The monoisotopic (exact) mass is 281 g/mol. The van der Waals surface area contributed by atoms with E-state index in [2.05, 4.69) is 0 Å². The minimum atomic E-state index is -0.933. The summed E-state index contributed by atoms with van der Waals surface area (Å²) in [5.74, 6) is -1.83. The standard InChI is InChI=1S/C15H14F3NO/c1-9(19)12-7-11(16)3-5-15(12)20-8-10-2-4-13(17)14(18)6-10/h2-7,9H,8,19H2,1H3. The molecule has 0 aromatic heterocycles. The Morgan fingerprint density at radius 3 is 2.45 bits per heavy atom. The van der Waals surface area contributed by atoms with E-state index in [1.165, 1.54) is 24.3 Å². The van der Waals surface area contributed by atoms with Crippen LogP contribution < -0.4 is 10.5 Å². The lowest BCUT2D eigenvalue weighted by Gasteiger charge is -2.14. The number of hydrogen-bond donors (Lipinski definition) is 1. The highest BCUT2D eigenvalue weighted by molar-refractivity contribution is 5.36. The zero-order chi connectivity index (χ0) is 14.7. The van der Waals surface area contributed by atoms with E-state index in [1.807, 2.05) is 0 Å². The largest absolute Gasteiger partial charge is 0.489 e. The van der Waals surface area contributed by atoms with Crippen LogP contribution in [0.15, 0.2) is 36.4 Å². The van der Waals surface area contributed by atoms with E-state index >= 15 is 0 Å². The Morgan fingerprint density at radius 1 is 1.05 bits per heavy atom. The molecule has 1 unspecified atom stereocenters. The zero-order valence-electron chi connectivity index (χ0n) is 10.9. The lowest BCUT2D eigenvalue weighted by molar-refractivity contribution is 0.300. The van der Waals surface area contributed by atoms with E-state index in [9.17, 15) is 13.2 Å². The summed E-state index contributed by atoms with van der Waals surface area (Å²) in [6.07, 6.45) is 0. The number of ether oxygens (including phenoxy) is 1. The predicted octanol–water partition coefficient (Wildman–Crippen LogP) is 3.70. The third-order valence-electron chi connectivity index (χ3n) is 2.84. The first-order chi connectivity index (χ1) is 9.47. The fourth-order valence-corrected chi connectivity index (χ4v) is 1.80. The molecular weight excluding hydrogens is 267 g/mol. The average Bonchev–Trinajstić information content (AvgIpc) is 2.41. The van der Waals surface area contributed by atoms with Crippen molar-refractivity contribution in [3.63, 3.8) is 0 Å². The third-order valence-corrected chi connectivity index (χ3v) is 2.84. The third kappa shape index (κ3) is 3.30. The number of benzene rings is 2. The summed E-state index contributed by atoms with van der Waals surface area (Å²) in [5, 5.41) is 0. The molecule has 0 bridgehead atoms. The van der Waals surface area contributed by atoms with Crippen LogP contribution in [0.5, 0.6) is 5.75 Å². The molecule has 2 nitrogen and oxygen atoms in total. The molecular formula is C15H14F3NO. The maximum Gasteiger partial charge on any atom is 0.159 e. The van der Waals surface area contributed by atoms with Gasteiger partial charge >= 0.3 is 0 Å². The Labute approximate surface area is 115 Å². The number of halogens is 3. The molecule has 106 valence electrons. The van der Waals surface area contributed by atoms with Crippen molar-refractivity contribution in [1.29, 1.82) is 0 Å². The van der Waals surface area contributed by atoms with E-state index in [1.54, 1.807) is 6.92 Å². The van der Waals surface area contributed by atoms with Crippen molar-refractivity contribution in [3.8, 4) is 5.75 Å². The lowest BCUT2D eigenvalue weighted by atomic mass is 10.1. The van der Waals surface area contributed by atoms with E-state index in [0.717, 1.165) is 12.1 Å². The predicted molar refractivity (Wildman–Crippen MR) is 69.7 cm³/mol. The van der Waals surface area contributed by atoms with E-state index in [4.69, 9.17) is 10.5 Å². The average molecular weight is 281 g/mol. The summed E-state index contributed by atoms with van der Waals surface area (Å²) < 4.78 is 44.5. The number of hydrogen-bond acceptors (Lipinski definition) is 2. The molecule has 0 heterocycles. The highest BCUT2D eigenvalue weighted by atomic mass is 19.2. The molecule has 0 saturated heterocycles. The van der Waals surface area contributed by atoms with Crippen molar-refractivity contribution in [3.05, 3.63) is 65.0 Å². The maximum absolute atomic E-state index is 13.2. The van der Waals surface area contributed by atoms with Crippen molar-refractivity contribution in [2.24, 2.45) is 5.73 Å².